The first kappa shape index (κ1) is 20.6. The quantitative estimate of drug-likeness (QED) is 0.428. The van der Waals surface area contributed by atoms with E-state index < -0.39 is 23.3 Å². The molecule has 1 N–H and O–H groups in total. The van der Waals surface area contributed by atoms with Crippen LogP contribution in [0.15, 0.2) is 61.4 Å². The van der Waals surface area contributed by atoms with Crippen molar-refractivity contribution in [3.63, 3.8) is 0 Å². The molecule has 0 radical (unpaired) electrons. The molecule has 10 nitrogen and oxygen atoms in total. The van der Waals surface area contributed by atoms with E-state index in [1.807, 2.05) is 0 Å². The fourth-order valence-electron chi connectivity index (χ4n) is 3.26. The molecular formula is C19H11ClF3N9O. The van der Waals surface area contributed by atoms with Crippen molar-refractivity contribution in [2.24, 2.45) is 0 Å². The van der Waals surface area contributed by atoms with Crippen molar-refractivity contribution < 1.29 is 18.0 Å². The van der Waals surface area contributed by atoms with Gasteiger partial charge in [-0.3, -0.25) is 4.79 Å². The van der Waals surface area contributed by atoms with Gasteiger partial charge in [0.1, 0.15) is 0 Å². The molecule has 0 unspecified atom stereocenters. The van der Waals surface area contributed by atoms with Crippen LogP contribution in [0.4, 0.5) is 18.9 Å². The number of amides is 1. The molecule has 0 aromatic carbocycles. The summed E-state index contributed by atoms with van der Waals surface area (Å²) in [6.07, 6.45) is 3.09. The predicted molar refractivity (Wildman–Crippen MR) is 109 cm³/mol. The van der Waals surface area contributed by atoms with E-state index in [0.717, 1.165) is 11.0 Å². The Balaban J connectivity index is 1.52. The van der Waals surface area contributed by atoms with Gasteiger partial charge in [0.25, 0.3) is 5.91 Å². The van der Waals surface area contributed by atoms with Crippen LogP contribution in [0, 0.1) is 0 Å². The predicted octanol–water partition coefficient (Wildman–Crippen LogP) is 3.42. The summed E-state index contributed by atoms with van der Waals surface area (Å²) in [5.74, 6) is -0.839. The third kappa shape index (κ3) is 3.67. The van der Waals surface area contributed by atoms with Crippen molar-refractivity contribution in [2.75, 3.05) is 5.32 Å². The Kier molecular flexibility index (Phi) is 4.82. The Labute approximate surface area is 187 Å². The number of fused-ring (bicyclic) bond motifs is 1. The fourth-order valence-corrected chi connectivity index (χ4v) is 3.50. The Morgan fingerprint density at radius 3 is 2.55 bits per heavy atom. The van der Waals surface area contributed by atoms with Gasteiger partial charge in [0.15, 0.2) is 11.5 Å². The molecule has 0 saturated heterocycles. The number of pyridine rings is 2. The van der Waals surface area contributed by atoms with E-state index in [9.17, 15) is 18.0 Å². The minimum atomic E-state index is -4.87. The molecule has 0 aliphatic rings. The van der Waals surface area contributed by atoms with Crippen LogP contribution in [0.3, 0.4) is 0 Å². The number of nitrogens with zero attached hydrogens (tertiary/aromatic N) is 8. The van der Waals surface area contributed by atoms with Gasteiger partial charge < -0.3 is 5.32 Å². The normalized spacial score (nSPS) is 11.8. The number of hydrogen-bond donors (Lipinski definition) is 1. The van der Waals surface area contributed by atoms with Gasteiger partial charge in [0, 0.05) is 6.20 Å². The van der Waals surface area contributed by atoms with Gasteiger partial charge in [-0.1, -0.05) is 11.6 Å². The number of nitrogens with one attached hydrogen (secondary N) is 1. The van der Waals surface area contributed by atoms with Gasteiger partial charge in [0.2, 0.25) is 0 Å². The number of alkyl halides is 3. The monoisotopic (exact) mass is 473 g/mol. The van der Waals surface area contributed by atoms with Crippen molar-refractivity contribution in [3.05, 3.63) is 77.7 Å². The molecule has 166 valence electrons. The number of hydrogen-bond acceptors (Lipinski definition) is 6. The van der Waals surface area contributed by atoms with Crippen LogP contribution in [0.2, 0.25) is 5.02 Å². The molecule has 5 aromatic heterocycles. The lowest BCUT2D eigenvalue weighted by atomic mass is 10.2. The summed E-state index contributed by atoms with van der Waals surface area (Å²) in [6, 6.07) is 5.85. The lowest BCUT2D eigenvalue weighted by Crippen LogP contribution is -2.21. The number of anilines is 1. The van der Waals surface area contributed by atoms with E-state index in [-0.39, 0.29) is 22.2 Å². The first-order chi connectivity index (χ1) is 15.8. The molecule has 1 amide bonds. The molecule has 0 aliphatic heterocycles. The van der Waals surface area contributed by atoms with Crippen LogP contribution in [0.1, 0.15) is 16.1 Å². The van der Waals surface area contributed by atoms with Crippen LogP contribution >= 0.6 is 11.6 Å². The summed E-state index contributed by atoms with van der Waals surface area (Å²) in [4.78, 5) is 18.0. The summed E-state index contributed by atoms with van der Waals surface area (Å²) in [5.41, 5.74) is -1.32. The summed E-state index contributed by atoms with van der Waals surface area (Å²) in [7, 11) is 0. The van der Waals surface area contributed by atoms with Crippen LogP contribution in [-0.4, -0.2) is 45.3 Å². The maximum atomic E-state index is 14.0. The highest BCUT2D eigenvalue weighted by molar-refractivity contribution is 6.32. The van der Waals surface area contributed by atoms with E-state index in [4.69, 9.17) is 11.6 Å². The highest BCUT2D eigenvalue weighted by Gasteiger charge is 2.41. The molecule has 0 spiro atoms. The van der Waals surface area contributed by atoms with Gasteiger partial charge >= 0.3 is 6.18 Å². The van der Waals surface area contributed by atoms with E-state index in [2.05, 4.69) is 30.7 Å². The zero-order chi connectivity index (χ0) is 23.2. The highest BCUT2D eigenvalue weighted by atomic mass is 35.5. The van der Waals surface area contributed by atoms with Gasteiger partial charge in [-0.2, -0.15) is 33.6 Å². The lowest BCUT2D eigenvalue weighted by molar-refractivity contribution is -0.143. The first-order valence-electron chi connectivity index (χ1n) is 9.24. The van der Waals surface area contributed by atoms with Crippen molar-refractivity contribution in [2.45, 2.75) is 6.18 Å². The average molecular weight is 474 g/mol. The molecule has 0 fully saturated rings. The summed E-state index contributed by atoms with van der Waals surface area (Å²) < 4.78 is 44.1. The zero-order valence-corrected chi connectivity index (χ0v) is 17.0. The molecule has 0 aliphatic carbocycles. The van der Waals surface area contributed by atoms with Crippen LogP contribution in [-0.2, 0) is 6.18 Å². The first-order valence-corrected chi connectivity index (χ1v) is 9.62. The maximum absolute atomic E-state index is 14.0. The largest absolute Gasteiger partial charge is 0.434 e. The number of aromatic nitrogens is 8. The number of carbonyl (C=O) groups is 1. The Hall–Kier alpha value is -4.26. The van der Waals surface area contributed by atoms with Crippen molar-refractivity contribution in [3.8, 4) is 11.5 Å². The third-order valence-electron chi connectivity index (χ3n) is 4.61. The fraction of sp³-hybridized carbons (Fsp3) is 0.0526. The van der Waals surface area contributed by atoms with Crippen LogP contribution in [0.5, 0.6) is 0 Å². The van der Waals surface area contributed by atoms with E-state index in [1.54, 1.807) is 12.3 Å². The molecule has 5 heterocycles. The van der Waals surface area contributed by atoms with E-state index >= 15 is 0 Å². The second-order valence-corrected chi connectivity index (χ2v) is 7.08. The number of carbonyl (C=O) groups excluding carboxylic acids is 1. The van der Waals surface area contributed by atoms with Crippen molar-refractivity contribution >= 4 is 28.7 Å². The standard InChI is InChI=1S/C19H11ClF3N9O/c20-13-8-11(9-24-17(13)32-26-5-6-27-32)29-18(33)12-10-28-31(16(12)19(21,22)23)15-2-1-7-30-14(15)3-4-25-30/h1-10H,(H,29,33). The van der Waals surface area contributed by atoms with Crippen LogP contribution in [0.25, 0.3) is 17.0 Å². The molecule has 5 aromatic rings. The SMILES string of the molecule is O=C(Nc1cnc(-n2nccn2)c(Cl)c1)c1cnn(-c2cccn3nccc23)c1C(F)(F)F. The molecular weight excluding hydrogens is 463 g/mol. The summed E-state index contributed by atoms with van der Waals surface area (Å²) in [6.45, 7) is 0. The number of halogens is 4. The average Bonchev–Trinajstić information content (AvgIpc) is 3.52. The maximum Gasteiger partial charge on any atom is 0.434 e. The highest BCUT2D eigenvalue weighted by Crippen LogP contribution is 2.35. The Bertz CT molecular complexity index is 1470. The van der Waals surface area contributed by atoms with Gasteiger partial charge in [-0.15, -0.1) is 4.80 Å². The summed E-state index contributed by atoms with van der Waals surface area (Å²) >= 11 is 6.16. The van der Waals surface area contributed by atoms with Gasteiger partial charge in [0.05, 0.1) is 58.5 Å². The van der Waals surface area contributed by atoms with Crippen molar-refractivity contribution in [1.29, 1.82) is 0 Å². The Morgan fingerprint density at radius 2 is 1.82 bits per heavy atom. The topological polar surface area (TPSA) is 108 Å². The lowest BCUT2D eigenvalue weighted by Gasteiger charge is -2.13. The third-order valence-corrected chi connectivity index (χ3v) is 4.89. The second-order valence-electron chi connectivity index (χ2n) is 6.67. The zero-order valence-electron chi connectivity index (χ0n) is 16.3. The van der Waals surface area contributed by atoms with E-state index in [1.165, 1.54) is 47.5 Å². The summed E-state index contributed by atoms with van der Waals surface area (Å²) in [5, 5.41) is 18.1. The van der Waals surface area contributed by atoms with E-state index in [0.29, 0.717) is 10.2 Å². The molecule has 33 heavy (non-hydrogen) atoms. The van der Waals surface area contributed by atoms with Crippen LogP contribution < -0.4 is 5.32 Å². The minimum absolute atomic E-state index is 0.0830. The Morgan fingerprint density at radius 1 is 1.03 bits per heavy atom. The van der Waals surface area contributed by atoms with Gasteiger partial charge in [-0.05, 0) is 24.3 Å². The van der Waals surface area contributed by atoms with Crippen molar-refractivity contribution in [1.82, 2.24) is 39.4 Å². The molecule has 0 bridgehead atoms. The van der Waals surface area contributed by atoms with Gasteiger partial charge in [-0.25, -0.2) is 14.2 Å². The second kappa shape index (κ2) is 7.70. The molecule has 0 saturated carbocycles. The molecule has 5 rings (SSSR count). The molecule has 0 atom stereocenters. The smallest absolute Gasteiger partial charge is 0.320 e. The molecule has 14 heteroatoms. The minimum Gasteiger partial charge on any atom is -0.320 e. The number of rotatable bonds is 4.